The normalized spacial score (nSPS) is 12.0. The van der Waals surface area contributed by atoms with Crippen LogP contribution in [0, 0.1) is 25.2 Å². The second-order valence-electron chi connectivity index (χ2n) is 8.18. The fourth-order valence-corrected chi connectivity index (χ4v) is 4.18. The Kier molecular flexibility index (Phi) is 6.27. The number of nitrogens with zero attached hydrogens (tertiary/aromatic N) is 1. The first-order valence-electron chi connectivity index (χ1n) is 11.0. The lowest BCUT2D eigenvalue weighted by Gasteiger charge is -2.15. The minimum Gasteiger partial charge on any atom is -0.456 e. The number of hydrogen-bond acceptors (Lipinski definition) is 4. The highest BCUT2D eigenvalue weighted by Crippen LogP contribution is 2.27. The summed E-state index contributed by atoms with van der Waals surface area (Å²) >= 11 is 0. The number of carbonyl (C=O) groups excluding carboxylic acids is 2. The summed E-state index contributed by atoms with van der Waals surface area (Å²) in [5.41, 5.74) is 4.98. The molecule has 0 spiro atoms. The Hall–Kier alpha value is -3.93. The van der Waals surface area contributed by atoms with Crippen LogP contribution in [0.15, 0.2) is 66.9 Å². The summed E-state index contributed by atoms with van der Waals surface area (Å²) < 4.78 is 7.42. The number of aromatic nitrogens is 2. The Morgan fingerprint density at radius 1 is 1.03 bits per heavy atom. The van der Waals surface area contributed by atoms with Gasteiger partial charge in [-0.3, -0.25) is 10.2 Å². The van der Waals surface area contributed by atoms with E-state index >= 15 is 0 Å². The zero-order valence-corrected chi connectivity index (χ0v) is 19.0. The first-order chi connectivity index (χ1) is 15.9. The average Bonchev–Trinajstić information content (AvgIpc) is 3.40. The van der Waals surface area contributed by atoms with Gasteiger partial charge >= 0.3 is 5.97 Å². The molecule has 0 aliphatic rings. The van der Waals surface area contributed by atoms with Crippen LogP contribution in [0.25, 0.3) is 16.6 Å². The van der Waals surface area contributed by atoms with E-state index in [1.54, 1.807) is 13.1 Å². The van der Waals surface area contributed by atoms with Crippen LogP contribution in [0.3, 0.4) is 0 Å². The van der Waals surface area contributed by atoms with Crippen molar-refractivity contribution < 1.29 is 14.3 Å². The number of Topliss-reactive ketones (excluding diaryl/α,β-unsaturated/α-hetero) is 1. The Morgan fingerprint density at radius 3 is 2.39 bits per heavy atom. The maximum atomic E-state index is 13.4. The maximum Gasteiger partial charge on any atom is 0.353 e. The van der Waals surface area contributed by atoms with E-state index in [9.17, 15) is 9.59 Å². The van der Waals surface area contributed by atoms with E-state index < -0.39 is 11.9 Å². The Morgan fingerprint density at radius 2 is 1.73 bits per heavy atom. The second-order valence-corrected chi connectivity index (χ2v) is 8.18. The smallest absolute Gasteiger partial charge is 0.353 e. The summed E-state index contributed by atoms with van der Waals surface area (Å²) in [5.74, 6) is -1.90. The van der Waals surface area contributed by atoms with Gasteiger partial charge in [0.25, 0.3) is 0 Å². The van der Waals surface area contributed by atoms with Gasteiger partial charge in [-0.1, -0.05) is 37.3 Å². The molecule has 2 aromatic heterocycles. The molecule has 2 N–H and O–H groups in total. The number of H-pyrrole nitrogens is 1. The fourth-order valence-electron chi connectivity index (χ4n) is 4.18. The monoisotopic (exact) mass is 441 g/mol. The number of aromatic amines is 1. The third kappa shape index (κ3) is 4.37. The largest absolute Gasteiger partial charge is 0.456 e. The quantitative estimate of drug-likeness (QED) is 0.214. The molecule has 0 aliphatic carbocycles. The van der Waals surface area contributed by atoms with E-state index in [2.05, 4.69) is 21.7 Å². The third-order valence-corrected chi connectivity index (χ3v) is 5.97. The van der Waals surface area contributed by atoms with Crippen LogP contribution < -0.4 is 0 Å². The predicted octanol–water partition coefficient (Wildman–Crippen LogP) is 5.55. The van der Waals surface area contributed by atoms with Crippen molar-refractivity contribution in [2.75, 3.05) is 0 Å². The van der Waals surface area contributed by atoms with Crippen LogP contribution in [-0.4, -0.2) is 27.0 Å². The fraction of sp³-hybridized carbons (Fsp3) is 0.222. The topological polar surface area (TPSA) is 87.9 Å². The number of nitrogens with one attached hydrogen (secondary N) is 2. The molecule has 0 saturated carbocycles. The SMILES string of the molecule is CC[C@H](C(=N)C(=O)OCc1ccccc1)C(=O)c1c[nH]c2ccc(-n3c(C)ccc3C)cc12. The number of hydrogen-bond donors (Lipinski definition) is 2. The highest BCUT2D eigenvalue weighted by atomic mass is 16.5. The molecule has 168 valence electrons. The van der Waals surface area contributed by atoms with Crippen LogP contribution in [-0.2, 0) is 16.1 Å². The minimum atomic E-state index is -0.869. The van der Waals surface area contributed by atoms with Crippen LogP contribution in [0.5, 0.6) is 0 Å². The number of rotatable bonds is 8. The van der Waals surface area contributed by atoms with Gasteiger partial charge in [0.1, 0.15) is 12.3 Å². The summed E-state index contributed by atoms with van der Waals surface area (Å²) in [4.78, 5) is 29.1. The first kappa shape index (κ1) is 22.3. The number of esters is 1. The van der Waals surface area contributed by atoms with Crippen molar-refractivity contribution in [3.8, 4) is 5.69 Å². The van der Waals surface area contributed by atoms with Crippen molar-refractivity contribution in [3.05, 3.63) is 89.4 Å². The third-order valence-electron chi connectivity index (χ3n) is 5.97. The lowest BCUT2D eigenvalue weighted by Crippen LogP contribution is -2.30. The standard InChI is InChI=1S/C27H27N3O3/c1-4-21(25(28)27(32)33-16-19-8-6-5-7-9-19)26(31)23-15-29-24-13-12-20(14-22(23)24)30-17(2)10-11-18(30)3/h5-15,21,28-29H,4,16H2,1-3H3/t21-/m1/s1. The molecule has 0 unspecified atom stereocenters. The van der Waals surface area contributed by atoms with E-state index in [0.717, 1.165) is 33.5 Å². The zero-order chi connectivity index (χ0) is 23.5. The highest BCUT2D eigenvalue weighted by Gasteiger charge is 2.30. The van der Waals surface area contributed by atoms with Gasteiger partial charge < -0.3 is 14.3 Å². The number of fused-ring (bicyclic) bond motifs is 1. The van der Waals surface area contributed by atoms with Crippen molar-refractivity contribution in [3.63, 3.8) is 0 Å². The van der Waals surface area contributed by atoms with Gasteiger partial charge in [0.2, 0.25) is 0 Å². The van der Waals surface area contributed by atoms with Crippen molar-refractivity contribution in [1.29, 1.82) is 5.41 Å². The van der Waals surface area contributed by atoms with Gasteiger partial charge in [-0.05, 0) is 56.2 Å². The number of benzene rings is 2. The lowest BCUT2D eigenvalue weighted by molar-refractivity contribution is -0.137. The number of carbonyl (C=O) groups is 2. The summed E-state index contributed by atoms with van der Waals surface area (Å²) in [7, 11) is 0. The molecule has 2 aromatic carbocycles. The van der Waals surface area contributed by atoms with Crippen molar-refractivity contribution in [2.45, 2.75) is 33.8 Å². The van der Waals surface area contributed by atoms with Gasteiger partial charge in [0, 0.05) is 39.7 Å². The van der Waals surface area contributed by atoms with Crippen LogP contribution >= 0.6 is 0 Å². The molecule has 0 radical (unpaired) electrons. The molecule has 4 aromatic rings. The lowest BCUT2D eigenvalue weighted by atomic mass is 9.90. The Bertz CT molecular complexity index is 1310. The molecular weight excluding hydrogens is 414 g/mol. The van der Waals surface area contributed by atoms with E-state index in [-0.39, 0.29) is 18.1 Å². The van der Waals surface area contributed by atoms with Crippen molar-refractivity contribution in [1.82, 2.24) is 9.55 Å². The van der Waals surface area contributed by atoms with Crippen LogP contribution in [0.2, 0.25) is 0 Å². The summed E-state index contributed by atoms with van der Waals surface area (Å²) in [6.45, 7) is 5.94. The van der Waals surface area contributed by atoms with Crippen molar-refractivity contribution in [2.24, 2.45) is 5.92 Å². The van der Waals surface area contributed by atoms with Gasteiger partial charge in [0.15, 0.2) is 5.78 Å². The minimum absolute atomic E-state index is 0.0682. The molecule has 0 saturated heterocycles. The Labute approximate surface area is 192 Å². The molecular formula is C27H27N3O3. The molecule has 33 heavy (non-hydrogen) atoms. The number of ketones is 1. The molecule has 0 amide bonds. The van der Waals surface area contributed by atoms with E-state index in [0.29, 0.717) is 12.0 Å². The molecule has 4 rings (SSSR count). The Balaban J connectivity index is 1.59. The average molecular weight is 442 g/mol. The van der Waals surface area contributed by atoms with E-state index in [4.69, 9.17) is 10.1 Å². The molecule has 6 nitrogen and oxygen atoms in total. The molecule has 0 aliphatic heterocycles. The van der Waals surface area contributed by atoms with Gasteiger partial charge in [-0.2, -0.15) is 0 Å². The molecule has 2 heterocycles. The van der Waals surface area contributed by atoms with Gasteiger partial charge in [-0.25, -0.2) is 4.79 Å². The van der Waals surface area contributed by atoms with Crippen molar-refractivity contribution >= 4 is 28.4 Å². The number of ether oxygens (including phenoxy) is 1. The van der Waals surface area contributed by atoms with E-state index in [1.165, 1.54) is 0 Å². The first-order valence-corrected chi connectivity index (χ1v) is 11.0. The summed E-state index contributed by atoms with van der Waals surface area (Å²) in [6.07, 6.45) is 2.00. The maximum absolute atomic E-state index is 13.4. The van der Waals surface area contributed by atoms with Crippen LogP contribution in [0.1, 0.15) is 40.7 Å². The van der Waals surface area contributed by atoms with E-state index in [1.807, 2.05) is 62.4 Å². The van der Waals surface area contributed by atoms with Gasteiger partial charge in [-0.15, -0.1) is 0 Å². The molecule has 0 fully saturated rings. The number of aryl methyl sites for hydroxylation is 2. The predicted molar refractivity (Wildman–Crippen MR) is 129 cm³/mol. The van der Waals surface area contributed by atoms with Crippen LogP contribution in [0.4, 0.5) is 0 Å². The molecule has 6 heteroatoms. The second kappa shape index (κ2) is 9.28. The zero-order valence-electron chi connectivity index (χ0n) is 19.0. The summed E-state index contributed by atoms with van der Waals surface area (Å²) in [6, 6.07) is 19.3. The summed E-state index contributed by atoms with van der Waals surface area (Å²) in [5, 5.41) is 9.13. The van der Waals surface area contributed by atoms with Gasteiger partial charge in [0.05, 0.1) is 5.92 Å². The molecule has 0 bridgehead atoms. The highest BCUT2D eigenvalue weighted by molar-refractivity contribution is 6.41. The molecule has 1 atom stereocenters.